The molecule has 2 aromatic heterocycles. The summed E-state index contributed by atoms with van der Waals surface area (Å²) in [6.45, 7) is 0. The Hall–Kier alpha value is -2.74. The van der Waals surface area contributed by atoms with E-state index >= 15 is 0 Å². The second-order valence-corrected chi connectivity index (χ2v) is 5.60. The first-order valence-corrected chi connectivity index (χ1v) is 7.40. The van der Waals surface area contributed by atoms with Crippen molar-refractivity contribution in [2.24, 2.45) is 0 Å². The zero-order valence-corrected chi connectivity index (χ0v) is 13.0. The molecule has 0 aliphatic rings. The third-order valence-electron chi connectivity index (χ3n) is 3.65. The maximum Gasteiger partial charge on any atom is 0.417 e. The summed E-state index contributed by atoms with van der Waals surface area (Å²) in [5, 5.41) is 3.72. The van der Waals surface area contributed by atoms with Crippen LogP contribution in [0.15, 0.2) is 42.5 Å². The van der Waals surface area contributed by atoms with Gasteiger partial charge in [-0.25, -0.2) is 14.4 Å². The Bertz CT molecular complexity index is 1120. The van der Waals surface area contributed by atoms with Crippen molar-refractivity contribution in [1.82, 2.24) is 19.6 Å². The summed E-state index contributed by atoms with van der Waals surface area (Å²) >= 11 is 6.03. The van der Waals surface area contributed by atoms with Gasteiger partial charge in [-0.2, -0.15) is 17.7 Å². The monoisotopic (exact) mass is 366 g/mol. The minimum Gasteiger partial charge on any atom is -0.218 e. The summed E-state index contributed by atoms with van der Waals surface area (Å²) in [6.07, 6.45) is -4.60. The Balaban J connectivity index is 2.10. The summed E-state index contributed by atoms with van der Waals surface area (Å²) in [5.41, 5.74) is -0.623. The lowest BCUT2D eigenvalue weighted by Gasteiger charge is -2.10. The van der Waals surface area contributed by atoms with E-state index in [1.54, 1.807) is 6.07 Å². The molecule has 0 aliphatic carbocycles. The molecular formula is C16H7ClF4N4. The lowest BCUT2D eigenvalue weighted by molar-refractivity contribution is -0.136. The van der Waals surface area contributed by atoms with Gasteiger partial charge in [-0.1, -0.05) is 18.2 Å². The number of rotatable bonds is 1. The number of alkyl halides is 3. The average molecular weight is 367 g/mol. The normalized spacial score (nSPS) is 12.2. The molecule has 0 saturated carbocycles. The van der Waals surface area contributed by atoms with E-state index in [0.717, 1.165) is 10.6 Å². The highest BCUT2D eigenvalue weighted by molar-refractivity contribution is 6.29. The maximum absolute atomic E-state index is 13.4. The Kier molecular flexibility index (Phi) is 3.40. The second-order valence-electron chi connectivity index (χ2n) is 5.26. The van der Waals surface area contributed by atoms with Crippen LogP contribution in [0.5, 0.6) is 0 Å². The highest BCUT2D eigenvalue weighted by atomic mass is 35.5. The third-order valence-corrected chi connectivity index (χ3v) is 3.89. The number of hydrogen-bond acceptors (Lipinski definition) is 3. The van der Waals surface area contributed by atoms with Crippen molar-refractivity contribution in [3.8, 4) is 11.4 Å². The van der Waals surface area contributed by atoms with Crippen LogP contribution >= 0.6 is 11.6 Å². The molecule has 4 nitrogen and oxygen atoms in total. The number of aromatic nitrogens is 4. The van der Waals surface area contributed by atoms with Crippen molar-refractivity contribution < 1.29 is 17.6 Å². The first-order chi connectivity index (χ1) is 11.8. The molecule has 4 rings (SSSR count). The summed E-state index contributed by atoms with van der Waals surface area (Å²) < 4.78 is 54.5. The number of halogens is 5. The lowest BCUT2D eigenvalue weighted by Crippen LogP contribution is -2.07. The van der Waals surface area contributed by atoms with Gasteiger partial charge in [0.2, 0.25) is 5.28 Å². The molecule has 0 N–H and O–H groups in total. The molecule has 0 unspecified atom stereocenters. The highest BCUT2D eigenvalue weighted by Crippen LogP contribution is 2.36. The van der Waals surface area contributed by atoms with E-state index in [0.29, 0.717) is 5.56 Å². The molecule has 0 aliphatic heterocycles. The lowest BCUT2D eigenvalue weighted by atomic mass is 10.1. The largest absolute Gasteiger partial charge is 0.417 e. The highest BCUT2D eigenvalue weighted by Gasteiger charge is 2.34. The van der Waals surface area contributed by atoms with Gasteiger partial charge in [0.1, 0.15) is 5.82 Å². The van der Waals surface area contributed by atoms with Crippen LogP contribution in [0.4, 0.5) is 17.6 Å². The molecule has 4 aromatic rings. The van der Waals surface area contributed by atoms with Gasteiger partial charge in [0, 0.05) is 5.56 Å². The fraction of sp³-hybridized carbons (Fsp3) is 0.0625. The molecule has 126 valence electrons. The number of fused-ring (bicyclic) bond motifs is 3. The van der Waals surface area contributed by atoms with E-state index in [2.05, 4.69) is 15.1 Å². The van der Waals surface area contributed by atoms with Gasteiger partial charge in [0.15, 0.2) is 11.5 Å². The second kappa shape index (κ2) is 5.38. The van der Waals surface area contributed by atoms with Gasteiger partial charge in [0.25, 0.3) is 0 Å². The van der Waals surface area contributed by atoms with E-state index in [-0.39, 0.29) is 27.7 Å². The molecule has 2 aromatic carbocycles. The maximum atomic E-state index is 13.4. The van der Waals surface area contributed by atoms with Gasteiger partial charge in [-0.15, -0.1) is 5.10 Å². The van der Waals surface area contributed by atoms with Crippen molar-refractivity contribution in [3.63, 3.8) is 0 Å². The zero-order valence-electron chi connectivity index (χ0n) is 12.2. The van der Waals surface area contributed by atoms with Crippen molar-refractivity contribution in [3.05, 3.63) is 59.1 Å². The van der Waals surface area contributed by atoms with Crippen LogP contribution in [0.1, 0.15) is 5.56 Å². The smallest absolute Gasteiger partial charge is 0.218 e. The summed E-state index contributed by atoms with van der Waals surface area (Å²) in [6, 6.07) is 9.02. The molecule has 0 fully saturated rings. The van der Waals surface area contributed by atoms with Crippen LogP contribution in [0.25, 0.3) is 27.9 Å². The summed E-state index contributed by atoms with van der Waals surface area (Å²) in [7, 11) is 0. The quantitative estimate of drug-likeness (QED) is 0.360. The van der Waals surface area contributed by atoms with Crippen LogP contribution in [-0.4, -0.2) is 19.6 Å². The molecule has 2 heterocycles. The van der Waals surface area contributed by atoms with E-state index in [4.69, 9.17) is 11.6 Å². The van der Waals surface area contributed by atoms with Gasteiger partial charge >= 0.3 is 6.18 Å². The molecule has 0 spiro atoms. The first-order valence-electron chi connectivity index (χ1n) is 7.03. The topological polar surface area (TPSA) is 43.1 Å². The van der Waals surface area contributed by atoms with Crippen LogP contribution in [-0.2, 0) is 6.18 Å². The molecule has 0 atom stereocenters. The van der Waals surface area contributed by atoms with Crippen molar-refractivity contribution in [2.75, 3.05) is 0 Å². The molecule has 25 heavy (non-hydrogen) atoms. The zero-order chi connectivity index (χ0) is 17.8. The predicted octanol–water partition coefficient (Wildman–Crippen LogP) is 4.76. The van der Waals surface area contributed by atoms with Crippen LogP contribution in [0.3, 0.4) is 0 Å². The van der Waals surface area contributed by atoms with Gasteiger partial charge in [0.05, 0.1) is 16.5 Å². The predicted molar refractivity (Wildman–Crippen MR) is 83.7 cm³/mol. The third kappa shape index (κ3) is 2.58. The Morgan fingerprint density at radius 2 is 1.76 bits per heavy atom. The van der Waals surface area contributed by atoms with Crippen LogP contribution < -0.4 is 0 Å². The molecule has 9 heteroatoms. The Morgan fingerprint density at radius 3 is 2.48 bits per heavy atom. The number of nitrogens with zero attached hydrogens (tertiary/aromatic N) is 4. The minimum atomic E-state index is -4.60. The molecule has 0 radical (unpaired) electrons. The first kappa shape index (κ1) is 15.8. The summed E-state index contributed by atoms with van der Waals surface area (Å²) in [5.74, 6) is -0.464. The Morgan fingerprint density at radius 1 is 1.00 bits per heavy atom. The van der Waals surface area contributed by atoms with E-state index in [1.165, 1.54) is 30.3 Å². The van der Waals surface area contributed by atoms with E-state index < -0.39 is 17.6 Å². The average Bonchev–Trinajstić information content (AvgIpc) is 2.99. The van der Waals surface area contributed by atoms with Gasteiger partial charge in [-0.3, -0.25) is 0 Å². The number of hydrogen-bond donors (Lipinski definition) is 0. The number of benzene rings is 2. The van der Waals surface area contributed by atoms with Crippen LogP contribution in [0, 0.1) is 5.82 Å². The van der Waals surface area contributed by atoms with Crippen molar-refractivity contribution in [2.45, 2.75) is 6.18 Å². The fourth-order valence-corrected chi connectivity index (χ4v) is 2.81. The van der Waals surface area contributed by atoms with E-state index in [1.807, 2.05) is 0 Å². The molecule has 0 bridgehead atoms. The fourth-order valence-electron chi connectivity index (χ4n) is 2.60. The standard InChI is InChI=1S/C16H7ClF4N4/c17-15-22-11-6-2-5-10(16(19,20)21)12(11)14-23-13(24-25(14)15)8-3-1-4-9(18)7-8/h1-7H. The van der Waals surface area contributed by atoms with Crippen molar-refractivity contribution in [1.29, 1.82) is 0 Å². The van der Waals surface area contributed by atoms with E-state index in [9.17, 15) is 17.6 Å². The Labute approximate surface area is 142 Å². The molecule has 0 amide bonds. The van der Waals surface area contributed by atoms with Crippen molar-refractivity contribution >= 4 is 28.2 Å². The molecular weight excluding hydrogens is 360 g/mol. The SMILES string of the molecule is Fc1cccc(-c2nc3c4c(C(F)(F)F)cccc4nc(Cl)n3n2)c1. The van der Waals surface area contributed by atoms with Gasteiger partial charge < -0.3 is 0 Å². The minimum absolute atomic E-state index is 0.0468. The summed E-state index contributed by atoms with van der Waals surface area (Å²) in [4.78, 5) is 8.10. The van der Waals surface area contributed by atoms with Gasteiger partial charge in [-0.05, 0) is 35.9 Å². The molecule has 0 saturated heterocycles. The van der Waals surface area contributed by atoms with Crippen LogP contribution in [0.2, 0.25) is 5.28 Å².